The summed E-state index contributed by atoms with van der Waals surface area (Å²) in [6.07, 6.45) is 1.58. The topological polar surface area (TPSA) is 75.4 Å². The van der Waals surface area contributed by atoms with Crippen molar-refractivity contribution in [2.24, 2.45) is 11.1 Å². The number of rotatable bonds is 8. The Hall–Kier alpha value is -0.910. The average Bonchev–Trinajstić information content (AvgIpc) is 2.87. The van der Waals surface area contributed by atoms with Crippen LogP contribution in [-0.2, 0) is 4.79 Å². The summed E-state index contributed by atoms with van der Waals surface area (Å²) in [6.45, 7) is 5.15. The molecule has 1 aromatic rings. The predicted octanol–water partition coefficient (Wildman–Crippen LogP) is 2.05. The second-order valence-electron chi connectivity index (χ2n) is 5.58. The molecule has 5 heteroatoms. The highest BCUT2D eigenvalue weighted by molar-refractivity contribution is 7.07. The molecule has 0 spiro atoms. The summed E-state index contributed by atoms with van der Waals surface area (Å²) in [4.78, 5) is 11.7. The smallest absolute Gasteiger partial charge is 0.220 e. The highest BCUT2D eigenvalue weighted by Crippen LogP contribution is 2.25. The normalized spacial score (nSPS) is 13.3. The molecule has 1 aromatic heterocycles. The molecule has 0 radical (unpaired) electrons. The summed E-state index contributed by atoms with van der Waals surface area (Å²) in [5.41, 5.74) is 6.49. The maximum atomic E-state index is 11.7. The molecule has 108 valence electrons. The van der Waals surface area contributed by atoms with Crippen molar-refractivity contribution in [1.82, 2.24) is 5.32 Å². The lowest BCUT2D eigenvalue weighted by Gasteiger charge is -2.23. The van der Waals surface area contributed by atoms with Crippen LogP contribution in [0.4, 0.5) is 0 Å². The molecule has 4 N–H and O–H groups in total. The van der Waals surface area contributed by atoms with Crippen molar-refractivity contribution in [3.05, 3.63) is 22.4 Å². The zero-order chi connectivity index (χ0) is 14.3. The van der Waals surface area contributed by atoms with Crippen LogP contribution >= 0.6 is 11.3 Å². The molecule has 1 rings (SSSR count). The van der Waals surface area contributed by atoms with Crippen LogP contribution in [0.2, 0.25) is 0 Å². The van der Waals surface area contributed by atoms with E-state index in [0.717, 1.165) is 18.4 Å². The number of hydrogen-bond acceptors (Lipinski definition) is 4. The SMILES string of the molecule is CC(C)(CCN)CCC(=O)NCC(O)c1ccsc1. The van der Waals surface area contributed by atoms with Gasteiger partial charge in [-0.1, -0.05) is 13.8 Å². The summed E-state index contributed by atoms with van der Waals surface area (Å²) in [7, 11) is 0. The summed E-state index contributed by atoms with van der Waals surface area (Å²) in [6, 6.07) is 1.87. The lowest BCUT2D eigenvalue weighted by atomic mass is 9.84. The van der Waals surface area contributed by atoms with Gasteiger partial charge in [0.05, 0.1) is 6.10 Å². The Morgan fingerprint density at radius 3 is 2.84 bits per heavy atom. The van der Waals surface area contributed by atoms with Crippen molar-refractivity contribution in [3.63, 3.8) is 0 Å². The van der Waals surface area contributed by atoms with Crippen molar-refractivity contribution in [2.45, 2.75) is 39.2 Å². The number of carbonyl (C=O) groups excluding carboxylic acids is 1. The second-order valence-corrected chi connectivity index (χ2v) is 6.36. The molecule has 0 aliphatic heterocycles. The highest BCUT2D eigenvalue weighted by Gasteiger charge is 2.18. The van der Waals surface area contributed by atoms with E-state index in [2.05, 4.69) is 19.2 Å². The van der Waals surface area contributed by atoms with Crippen LogP contribution in [0.1, 0.15) is 44.8 Å². The molecule has 0 aromatic carbocycles. The number of hydrogen-bond donors (Lipinski definition) is 3. The third-order valence-corrected chi connectivity index (χ3v) is 3.97. The number of carbonyl (C=O) groups is 1. The summed E-state index contributed by atoms with van der Waals surface area (Å²) < 4.78 is 0. The zero-order valence-corrected chi connectivity index (χ0v) is 12.5. The minimum Gasteiger partial charge on any atom is -0.387 e. The minimum atomic E-state index is -0.618. The molecule has 0 aliphatic rings. The molecule has 0 fully saturated rings. The van der Waals surface area contributed by atoms with E-state index in [1.807, 2.05) is 16.8 Å². The Kier molecular flexibility index (Phi) is 6.48. The van der Waals surface area contributed by atoms with E-state index in [0.29, 0.717) is 13.0 Å². The van der Waals surface area contributed by atoms with Crippen molar-refractivity contribution in [3.8, 4) is 0 Å². The van der Waals surface area contributed by atoms with Gasteiger partial charge in [0.25, 0.3) is 0 Å². The largest absolute Gasteiger partial charge is 0.387 e. The minimum absolute atomic E-state index is 0.0145. The Balaban J connectivity index is 2.25. The van der Waals surface area contributed by atoms with Gasteiger partial charge in [0.1, 0.15) is 0 Å². The Bertz CT molecular complexity index is 377. The highest BCUT2D eigenvalue weighted by atomic mass is 32.1. The molecule has 0 aliphatic carbocycles. The Morgan fingerprint density at radius 1 is 1.53 bits per heavy atom. The fraction of sp³-hybridized carbons (Fsp3) is 0.643. The van der Waals surface area contributed by atoms with Crippen molar-refractivity contribution >= 4 is 17.2 Å². The van der Waals surface area contributed by atoms with Gasteiger partial charge >= 0.3 is 0 Å². The second kappa shape index (κ2) is 7.62. The fourth-order valence-electron chi connectivity index (χ4n) is 1.85. The predicted molar refractivity (Wildman–Crippen MR) is 79.0 cm³/mol. The maximum absolute atomic E-state index is 11.7. The van der Waals surface area contributed by atoms with E-state index in [4.69, 9.17) is 5.73 Å². The first-order valence-corrected chi connectivity index (χ1v) is 7.56. The molecular weight excluding hydrogens is 260 g/mol. The Morgan fingerprint density at radius 2 is 2.26 bits per heavy atom. The molecule has 0 bridgehead atoms. The number of nitrogens with one attached hydrogen (secondary N) is 1. The van der Waals surface area contributed by atoms with Gasteiger partial charge < -0.3 is 16.2 Å². The van der Waals surface area contributed by atoms with Crippen LogP contribution in [0.25, 0.3) is 0 Å². The van der Waals surface area contributed by atoms with Gasteiger partial charge in [0.2, 0.25) is 5.91 Å². The van der Waals surface area contributed by atoms with Gasteiger partial charge in [-0.3, -0.25) is 4.79 Å². The molecule has 1 atom stereocenters. The quantitative estimate of drug-likeness (QED) is 0.684. The zero-order valence-electron chi connectivity index (χ0n) is 11.7. The van der Waals surface area contributed by atoms with Crippen LogP contribution in [0.15, 0.2) is 16.8 Å². The van der Waals surface area contributed by atoms with Gasteiger partial charge in [-0.25, -0.2) is 0 Å². The fourth-order valence-corrected chi connectivity index (χ4v) is 2.56. The van der Waals surface area contributed by atoms with E-state index in [-0.39, 0.29) is 17.9 Å². The van der Waals surface area contributed by atoms with E-state index in [1.165, 1.54) is 11.3 Å². The van der Waals surface area contributed by atoms with Gasteiger partial charge in [-0.15, -0.1) is 0 Å². The average molecular weight is 284 g/mol. The van der Waals surface area contributed by atoms with E-state index >= 15 is 0 Å². The maximum Gasteiger partial charge on any atom is 0.220 e. The van der Waals surface area contributed by atoms with Crippen LogP contribution in [0.5, 0.6) is 0 Å². The molecule has 19 heavy (non-hydrogen) atoms. The van der Waals surface area contributed by atoms with Crippen molar-refractivity contribution in [1.29, 1.82) is 0 Å². The number of nitrogens with two attached hydrogens (primary N) is 1. The molecule has 1 amide bonds. The van der Waals surface area contributed by atoms with Gasteiger partial charge in [0, 0.05) is 13.0 Å². The number of amides is 1. The molecular formula is C14H24N2O2S. The molecule has 0 saturated carbocycles. The van der Waals surface area contributed by atoms with Crippen LogP contribution < -0.4 is 11.1 Å². The van der Waals surface area contributed by atoms with Crippen LogP contribution in [-0.4, -0.2) is 24.1 Å². The lowest BCUT2D eigenvalue weighted by Crippen LogP contribution is -2.29. The third-order valence-electron chi connectivity index (χ3n) is 3.27. The van der Waals surface area contributed by atoms with E-state index < -0.39 is 6.10 Å². The van der Waals surface area contributed by atoms with E-state index in [9.17, 15) is 9.90 Å². The number of thiophene rings is 1. The summed E-state index contributed by atoms with van der Waals surface area (Å²) in [5, 5.41) is 16.4. The van der Waals surface area contributed by atoms with Crippen LogP contribution in [0, 0.1) is 5.41 Å². The van der Waals surface area contributed by atoms with Gasteiger partial charge in [-0.2, -0.15) is 11.3 Å². The van der Waals surface area contributed by atoms with Crippen LogP contribution in [0.3, 0.4) is 0 Å². The molecule has 1 unspecified atom stereocenters. The van der Waals surface area contributed by atoms with E-state index in [1.54, 1.807) is 0 Å². The summed E-state index contributed by atoms with van der Waals surface area (Å²) >= 11 is 1.54. The Labute approximate surface area is 119 Å². The molecule has 4 nitrogen and oxygen atoms in total. The molecule has 0 saturated heterocycles. The summed E-state index contributed by atoms with van der Waals surface area (Å²) in [5.74, 6) is -0.0145. The first kappa shape index (κ1) is 16.1. The number of aliphatic hydroxyl groups excluding tert-OH is 1. The third kappa shape index (κ3) is 6.18. The van der Waals surface area contributed by atoms with Crippen molar-refractivity contribution < 1.29 is 9.90 Å². The lowest BCUT2D eigenvalue weighted by molar-refractivity contribution is -0.122. The number of aliphatic hydroxyl groups is 1. The monoisotopic (exact) mass is 284 g/mol. The standard InChI is InChI=1S/C14H24N2O2S/c1-14(2,6-7-15)5-3-13(18)16-9-12(17)11-4-8-19-10-11/h4,8,10,12,17H,3,5-7,9,15H2,1-2H3,(H,16,18). The van der Waals surface area contributed by atoms with Crippen molar-refractivity contribution in [2.75, 3.05) is 13.1 Å². The first-order chi connectivity index (χ1) is 8.94. The van der Waals surface area contributed by atoms with Gasteiger partial charge in [0.15, 0.2) is 0 Å². The van der Waals surface area contributed by atoms with Gasteiger partial charge in [-0.05, 0) is 47.2 Å². The first-order valence-electron chi connectivity index (χ1n) is 6.61. The molecule has 1 heterocycles.